The molecule has 2 atom stereocenters. The Kier molecular flexibility index (Phi) is 6.58. The largest absolute Gasteiger partial charge is 0.356 e. The standard InChI is InChI=1S/C13H23N3O2.ClH/c1-2-16-9-11(7-12(16)17)13(18)15-6-4-10-3-5-14-8-10;/h10-11,14H,2-9H2,1H3,(H,15,18);1H. The van der Waals surface area contributed by atoms with Crippen LogP contribution in [-0.4, -0.2) is 49.4 Å². The van der Waals surface area contributed by atoms with E-state index in [-0.39, 0.29) is 30.1 Å². The van der Waals surface area contributed by atoms with E-state index in [0.717, 1.165) is 26.1 Å². The summed E-state index contributed by atoms with van der Waals surface area (Å²) < 4.78 is 0. The van der Waals surface area contributed by atoms with Gasteiger partial charge in [-0.3, -0.25) is 9.59 Å². The van der Waals surface area contributed by atoms with Gasteiger partial charge >= 0.3 is 0 Å². The predicted molar refractivity (Wildman–Crippen MR) is 76.2 cm³/mol. The van der Waals surface area contributed by atoms with Crippen LogP contribution in [0.1, 0.15) is 26.2 Å². The smallest absolute Gasteiger partial charge is 0.225 e. The summed E-state index contributed by atoms with van der Waals surface area (Å²) >= 11 is 0. The van der Waals surface area contributed by atoms with Gasteiger partial charge in [-0.15, -0.1) is 12.4 Å². The molecule has 0 aromatic heterocycles. The van der Waals surface area contributed by atoms with Crippen LogP contribution >= 0.6 is 12.4 Å². The van der Waals surface area contributed by atoms with E-state index in [4.69, 9.17) is 0 Å². The highest BCUT2D eigenvalue weighted by Gasteiger charge is 2.33. The zero-order chi connectivity index (χ0) is 13.0. The number of hydrogen-bond acceptors (Lipinski definition) is 3. The van der Waals surface area contributed by atoms with Gasteiger partial charge in [-0.2, -0.15) is 0 Å². The van der Waals surface area contributed by atoms with Crippen LogP contribution < -0.4 is 10.6 Å². The van der Waals surface area contributed by atoms with Gasteiger partial charge in [0.15, 0.2) is 0 Å². The number of rotatable bonds is 5. The second-order valence-electron chi connectivity index (χ2n) is 5.27. The van der Waals surface area contributed by atoms with Gasteiger partial charge in [0.1, 0.15) is 0 Å². The predicted octanol–water partition coefficient (Wildman–Crippen LogP) is 0.392. The van der Waals surface area contributed by atoms with Gasteiger partial charge in [0.2, 0.25) is 11.8 Å². The third-order valence-corrected chi connectivity index (χ3v) is 3.98. The lowest BCUT2D eigenvalue weighted by molar-refractivity contribution is -0.128. The molecule has 0 aromatic carbocycles. The molecule has 2 rings (SSSR count). The van der Waals surface area contributed by atoms with Crippen LogP contribution in [0, 0.1) is 11.8 Å². The quantitative estimate of drug-likeness (QED) is 0.770. The van der Waals surface area contributed by atoms with Gasteiger partial charge < -0.3 is 15.5 Å². The van der Waals surface area contributed by atoms with E-state index in [2.05, 4.69) is 10.6 Å². The van der Waals surface area contributed by atoms with Crippen molar-refractivity contribution < 1.29 is 9.59 Å². The first-order valence-corrected chi connectivity index (χ1v) is 6.97. The highest BCUT2D eigenvalue weighted by molar-refractivity contribution is 5.89. The van der Waals surface area contributed by atoms with Crippen molar-refractivity contribution in [3.63, 3.8) is 0 Å². The maximum atomic E-state index is 11.9. The van der Waals surface area contributed by atoms with Crippen LogP contribution in [-0.2, 0) is 9.59 Å². The molecule has 110 valence electrons. The van der Waals surface area contributed by atoms with Crippen LogP contribution in [0.5, 0.6) is 0 Å². The first-order valence-electron chi connectivity index (χ1n) is 6.97. The molecule has 2 heterocycles. The Labute approximate surface area is 120 Å². The van der Waals surface area contributed by atoms with Crippen LogP contribution in [0.4, 0.5) is 0 Å². The topological polar surface area (TPSA) is 61.4 Å². The summed E-state index contributed by atoms with van der Waals surface area (Å²) in [6, 6.07) is 0. The van der Waals surface area contributed by atoms with Crippen molar-refractivity contribution in [3.8, 4) is 0 Å². The lowest BCUT2D eigenvalue weighted by Crippen LogP contribution is -2.34. The molecule has 2 fully saturated rings. The van der Waals surface area contributed by atoms with Crippen molar-refractivity contribution in [1.29, 1.82) is 0 Å². The zero-order valence-electron chi connectivity index (χ0n) is 11.5. The van der Waals surface area contributed by atoms with E-state index in [1.807, 2.05) is 6.92 Å². The van der Waals surface area contributed by atoms with Crippen molar-refractivity contribution >= 4 is 24.2 Å². The number of amides is 2. The molecule has 19 heavy (non-hydrogen) atoms. The Morgan fingerprint density at radius 2 is 2.32 bits per heavy atom. The number of carbonyl (C=O) groups is 2. The summed E-state index contributed by atoms with van der Waals surface area (Å²) in [6.07, 6.45) is 2.63. The number of nitrogens with zero attached hydrogens (tertiary/aromatic N) is 1. The first-order chi connectivity index (χ1) is 8.70. The summed E-state index contributed by atoms with van der Waals surface area (Å²) in [7, 11) is 0. The molecule has 2 amide bonds. The van der Waals surface area contributed by atoms with E-state index in [1.54, 1.807) is 4.90 Å². The van der Waals surface area contributed by atoms with E-state index in [0.29, 0.717) is 25.4 Å². The Morgan fingerprint density at radius 3 is 2.89 bits per heavy atom. The highest BCUT2D eigenvalue weighted by atomic mass is 35.5. The van der Waals surface area contributed by atoms with Gasteiger partial charge in [-0.05, 0) is 38.8 Å². The van der Waals surface area contributed by atoms with Crippen LogP contribution in [0.2, 0.25) is 0 Å². The number of carbonyl (C=O) groups excluding carboxylic acids is 2. The van der Waals surface area contributed by atoms with Crippen molar-refractivity contribution in [2.75, 3.05) is 32.7 Å². The Balaban J connectivity index is 0.00000180. The van der Waals surface area contributed by atoms with Crippen molar-refractivity contribution in [1.82, 2.24) is 15.5 Å². The zero-order valence-corrected chi connectivity index (χ0v) is 12.3. The number of likely N-dealkylation sites (tertiary alicyclic amines) is 1. The monoisotopic (exact) mass is 289 g/mol. The maximum Gasteiger partial charge on any atom is 0.225 e. The summed E-state index contributed by atoms with van der Waals surface area (Å²) in [5, 5.41) is 6.29. The SMILES string of the molecule is CCN1CC(C(=O)NCCC2CCNC2)CC1=O.Cl. The highest BCUT2D eigenvalue weighted by Crippen LogP contribution is 2.17. The Morgan fingerprint density at radius 1 is 1.53 bits per heavy atom. The molecule has 2 saturated heterocycles. The van der Waals surface area contributed by atoms with E-state index >= 15 is 0 Å². The molecule has 2 N–H and O–H groups in total. The van der Waals surface area contributed by atoms with Gasteiger partial charge in [0.05, 0.1) is 5.92 Å². The molecule has 2 aliphatic rings. The average molecular weight is 290 g/mol. The molecule has 0 saturated carbocycles. The second kappa shape index (κ2) is 7.70. The molecule has 6 heteroatoms. The fourth-order valence-corrected chi connectivity index (χ4v) is 2.76. The molecular weight excluding hydrogens is 266 g/mol. The maximum absolute atomic E-state index is 11.9. The summed E-state index contributed by atoms with van der Waals surface area (Å²) in [6.45, 7) is 6.15. The van der Waals surface area contributed by atoms with Gasteiger partial charge in [0.25, 0.3) is 0 Å². The minimum absolute atomic E-state index is 0. The Bertz CT molecular complexity index is 319. The lowest BCUT2D eigenvalue weighted by Gasteiger charge is -2.14. The van der Waals surface area contributed by atoms with E-state index in [9.17, 15) is 9.59 Å². The fourth-order valence-electron chi connectivity index (χ4n) is 2.76. The molecule has 0 aromatic rings. The average Bonchev–Trinajstić information content (AvgIpc) is 2.98. The van der Waals surface area contributed by atoms with Crippen molar-refractivity contribution in [3.05, 3.63) is 0 Å². The van der Waals surface area contributed by atoms with Crippen molar-refractivity contribution in [2.45, 2.75) is 26.2 Å². The fraction of sp³-hybridized carbons (Fsp3) is 0.846. The first kappa shape index (κ1) is 16.2. The third kappa shape index (κ3) is 4.35. The number of hydrogen-bond donors (Lipinski definition) is 2. The minimum Gasteiger partial charge on any atom is -0.356 e. The molecular formula is C13H24ClN3O2. The normalized spacial score (nSPS) is 26.4. The molecule has 2 aliphatic heterocycles. The summed E-state index contributed by atoms with van der Waals surface area (Å²) in [5.74, 6) is 0.713. The molecule has 2 unspecified atom stereocenters. The molecule has 0 aliphatic carbocycles. The van der Waals surface area contributed by atoms with E-state index < -0.39 is 0 Å². The van der Waals surface area contributed by atoms with Crippen LogP contribution in [0.15, 0.2) is 0 Å². The van der Waals surface area contributed by atoms with Gasteiger partial charge in [-0.25, -0.2) is 0 Å². The lowest BCUT2D eigenvalue weighted by atomic mass is 10.0. The Hall–Kier alpha value is -0.810. The van der Waals surface area contributed by atoms with E-state index in [1.165, 1.54) is 6.42 Å². The van der Waals surface area contributed by atoms with Crippen LogP contribution in [0.3, 0.4) is 0 Å². The third-order valence-electron chi connectivity index (χ3n) is 3.98. The molecule has 0 radical (unpaired) electrons. The second-order valence-corrected chi connectivity index (χ2v) is 5.27. The van der Waals surface area contributed by atoms with Gasteiger partial charge in [0, 0.05) is 26.1 Å². The van der Waals surface area contributed by atoms with Gasteiger partial charge in [-0.1, -0.05) is 0 Å². The summed E-state index contributed by atoms with van der Waals surface area (Å²) in [5.41, 5.74) is 0. The number of halogens is 1. The molecule has 0 spiro atoms. The summed E-state index contributed by atoms with van der Waals surface area (Å²) in [4.78, 5) is 25.2. The molecule has 0 bridgehead atoms. The minimum atomic E-state index is -0.140. The van der Waals surface area contributed by atoms with Crippen molar-refractivity contribution in [2.24, 2.45) is 11.8 Å². The number of nitrogens with one attached hydrogen (secondary N) is 2. The van der Waals surface area contributed by atoms with Crippen LogP contribution in [0.25, 0.3) is 0 Å². The molecule has 5 nitrogen and oxygen atoms in total.